The molecule has 0 aliphatic rings. The van der Waals surface area contributed by atoms with E-state index in [0.717, 1.165) is 17.2 Å². The van der Waals surface area contributed by atoms with Crippen LogP contribution in [0.2, 0.25) is 0 Å². The van der Waals surface area contributed by atoms with Crippen molar-refractivity contribution in [2.45, 2.75) is 13.0 Å². The Balaban J connectivity index is 2.03. The van der Waals surface area contributed by atoms with E-state index < -0.39 is 11.9 Å². The Bertz CT molecular complexity index is 1070. The number of fused-ring (bicyclic) bond motifs is 1. The molecule has 0 bridgehead atoms. The van der Waals surface area contributed by atoms with Gasteiger partial charge >= 0.3 is 0 Å². The molecule has 0 radical (unpaired) electrons. The van der Waals surface area contributed by atoms with Gasteiger partial charge < -0.3 is 31.6 Å². The molecule has 0 saturated heterocycles. The molecule has 2 heterocycles. The highest BCUT2D eigenvalue weighted by Gasteiger charge is 2.23. The van der Waals surface area contributed by atoms with Crippen LogP contribution in [0.15, 0.2) is 36.5 Å². The monoisotopic (exact) mass is 409 g/mol. The van der Waals surface area contributed by atoms with E-state index in [-0.39, 0.29) is 29.1 Å². The fourth-order valence-corrected chi connectivity index (χ4v) is 2.86. The van der Waals surface area contributed by atoms with Gasteiger partial charge in [0.2, 0.25) is 11.8 Å². The third-order valence-corrected chi connectivity index (χ3v) is 4.61. The number of nitrogens with one attached hydrogen (secondary N) is 2. The maximum absolute atomic E-state index is 12.1. The lowest BCUT2D eigenvalue weighted by Gasteiger charge is -2.20. The summed E-state index contributed by atoms with van der Waals surface area (Å²) in [6.45, 7) is 2.12. The molecule has 30 heavy (non-hydrogen) atoms. The van der Waals surface area contributed by atoms with Crippen molar-refractivity contribution in [3.8, 4) is 5.88 Å². The Kier molecular flexibility index (Phi) is 6.38. The number of primary amides is 1. The van der Waals surface area contributed by atoms with Gasteiger partial charge in [-0.25, -0.2) is 0 Å². The van der Waals surface area contributed by atoms with Crippen LogP contribution < -0.4 is 26.8 Å². The van der Waals surface area contributed by atoms with Crippen LogP contribution in [0.5, 0.6) is 5.88 Å². The minimum absolute atomic E-state index is 0.0103. The molecule has 6 N–H and O–H groups in total. The van der Waals surface area contributed by atoms with E-state index in [1.54, 1.807) is 12.3 Å². The van der Waals surface area contributed by atoms with E-state index in [1.807, 2.05) is 31.2 Å². The summed E-state index contributed by atoms with van der Waals surface area (Å²) in [6.07, 6.45) is 2.44. The van der Waals surface area contributed by atoms with Gasteiger partial charge in [-0.1, -0.05) is 13.0 Å². The number of methoxy groups -OCH3 is 1. The average molecular weight is 409 g/mol. The Morgan fingerprint density at radius 3 is 2.77 bits per heavy atom. The van der Waals surface area contributed by atoms with Crippen LogP contribution in [0, 0.1) is 5.92 Å². The molecule has 2 aromatic heterocycles. The van der Waals surface area contributed by atoms with Crippen molar-refractivity contribution in [1.29, 1.82) is 0 Å². The first-order valence-corrected chi connectivity index (χ1v) is 9.26. The number of pyridine rings is 1. The van der Waals surface area contributed by atoms with Gasteiger partial charge in [0.05, 0.1) is 18.7 Å². The first-order valence-electron chi connectivity index (χ1n) is 9.26. The van der Waals surface area contributed by atoms with E-state index in [9.17, 15) is 9.59 Å². The molecule has 1 aromatic carbocycles. The van der Waals surface area contributed by atoms with Crippen molar-refractivity contribution >= 4 is 40.5 Å². The van der Waals surface area contributed by atoms with Gasteiger partial charge in [-0.2, -0.15) is 9.97 Å². The minimum atomic E-state index is -0.759. The molecule has 1 amide bonds. The van der Waals surface area contributed by atoms with Crippen molar-refractivity contribution in [2.75, 3.05) is 24.3 Å². The second-order valence-corrected chi connectivity index (χ2v) is 6.70. The fourth-order valence-electron chi connectivity index (χ4n) is 2.86. The fraction of sp³-hybridized carbons (Fsp3) is 0.250. The number of aromatic nitrogens is 3. The highest BCUT2D eigenvalue weighted by Crippen LogP contribution is 2.28. The van der Waals surface area contributed by atoms with Crippen molar-refractivity contribution in [3.63, 3.8) is 0 Å². The molecule has 3 rings (SSSR count). The van der Waals surface area contributed by atoms with Gasteiger partial charge in [0, 0.05) is 17.3 Å². The van der Waals surface area contributed by atoms with Crippen LogP contribution in [-0.4, -0.2) is 46.8 Å². The maximum atomic E-state index is 12.1. The summed E-state index contributed by atoms with van der Waals surface area (Å²) in [6, 6.07) is 8.63. The zero-order chi connectivity index (χ0) is 21.7. The molecule has 0 spiro atoms. The number of benzene rings is 1. The van der Waals surface area contributed by atoms with Crippen LogP contribution in [0.25, 0.3) is 10.9 Å². The number of nitrogens with zero attached hydrogens (tertiary/aromatic N) is 3. The lowest BCUT2D eigenvalue weighted by Crippen LogP contribution is -2.34. The number of carbonyl (C=O) groups excluding carboxylic acids is 2. The number of hydrogen-bond acceptors (Lipinski definition) is 9. The van der Waals surface area contributed by atoms with E-state index >= 15 is 0 Å². The molecule has 156 valence electrons. The number of anilines is 3. The first kappa shape index (κ1) is 20.9. The number of hydrogen-bond donors (Lipinski definition) is 4. The molecule has 0 aliphatic heterocycles. The highest BCUT2D eigenvalue weighted by atomic mass is 16.5. The lowest BCUT2D eigenvalue weighted by molar-refractivity contribution is -0.109. The summed E-state index contributed by atoms with van der Waals surface area (Å²) in [5.74, 6) is -0.692. The van der Waals surface area contributed by atoms with Gasteiger partial charge in [0.15, 0.2) is 5.82 Å². The number of nitrogens with two attached hydrogens (primary N) is 2. The van der Waals surface area contributed by atoms with Crippen molar-refractivity contribution in [3.05, 3.63) is 42.1 Å². The van der Waals surface area contributed by atoms with Crippen LogP contribution in [0.4, 0.5) is 17.5 Å². The van der Waals surface area contributed by atoms with Crippen molar-refractivity contribution < 1.29 is 14.3 Å². The van der Waals surface area contributed by atoms with Gasteiger partial charge in [-0.05, 0) is 36.7 Å². The third-order valence-electron chi connectivity index (χ3n) is 4.61. The first-order chi connectivity index (χ1) is 14.5. The van der Waals surface area contributed by atoms with Gasteiger partial charge in [0.25, 0.3) is 5.91 Å². The molecular weight excluding hydrogens is 386 g/mol. The molecule has 2 atom stereocenters. The van der Waals surface area contributed by atoms with Crippen LogP contribution >= 0.6 is 0 Å². The normalized spacial score (nSPS) is 12.8. The number of ether oxygens (including phenoxy) is 1. The summed E-state index contributed by atoms with van der Waals surface area (Å²) in [5.41, 5.74) is 12.7. The van der Waals surface area contributed by atoms with Crippen LogP contribution in [0.3, 0.4) is 0 Å². The molecule has 0 aliphatic carbocycles. The smallest absolute Gasteiger partial charge is 0.258 e. The van der Waals surface area contributed by atoms with E-state index in [2.05, 4.69) is 25.6 Å². The zero-order valence-corrected chi connectivity index (χ0v) is 16.6. The van der Waals surface area contributed by atoms with E-state index in [1.165, 1.54) is 7.11 Å². The Labute approximate surface area is 173 Å². The topological polar surface area (TPSA) is 158 Å². The van der Waals surface area contributed by atoms with Crippen molar-refractivity contribution in [2.24, 2.45) is 17.4 Å². The maximum Gasteiger partial charge on any atom is 0.258 e. The minimum Gasteiger partial charge on any atom is -0.480 e. The summed E-state index contributed by atoms with van der Waals surface area (Å²) in [4.78, 5) is 36.3. The summed E-state index contributed by atoms with van der Waals surface area (Å²) >= 11 is 0. The van der Waals surface area contributed by atoms with Crippen molar-refractivity contribution in [1.82, 2.24) is 15.0 Å². The molecule has 2 unspecified atom stereocenters. The molecule has 10 nitrogen and oxygen atoms in total. The third kappa shape index (κ3) is 4.44. The lowest BCUT2D eigenvalue weighted by atomic mass is 10.0. The van der Waals surface area contributed by atoms with Gasteiger partial charge in [0.1, 0.15) is 11.8 Å². The number of rotatable bonds is 9. The highest BCUT2D eigenvalue weighted by molar-refractivity contribution is 6.01. The van der Waals surface area contributed by atoms with Gasteiger partial charge in [-0.3, -0.25) is 9.78 Å². The Hall–Kier alpha value is -3.79. The average Bonchev–Trinajstić information content (AvgIpc) is 2.76. The zero-order valence-electron chi connectivity index (χ0n) is 16.6. The van der Waals surface area contributed by atoms with E-state index in [0.29, 0.717) is 12.2 Å². The quantitative estimate of drug-likeness (QED) is 0.384. The SMILES string of the molecule is COc1nc(NC(C=O)C(C)CN)nc(Nc2ccc3ncccc3c2)c1C(N)=O. The van der Waals surface area contributed by atoms with Gasteiger partial charge in [-0.15, -0.1) is 0 Å². The van der Waals surface area contributed by atoms with Crippen LogP contribution in [-0.2, 0) is 4.79 Å². The largest absolute Gasteiger partial charge is 0.480 e. The molecule has 10 heteroatoms. The second-order valence-electron chi connectivity index (χ2n) is 6.70. The standard InChI is InChI=1S/C20H23N7O3/c1-11(9-21)15(10-28)25-20-26-18(16(17(22)29)19(27-20)30-2)24-13-5-6-14-12(8-13)4-3-7-23-14/h3-8,10-11,15H,9,21H2,1-2H3,(H2,22,29)(H2,24,25,26,27). The number of carbonyl (C=O) groups is 2. The second kappa shape index (κ2) is 9.14. The van der Waals surface area contributed by atoms with E-state index in [4.69, 9.17) is 16.2 Å². The molecule has 0 fully saturated rings. The summed E-state index contributed by atoms with van der Waals surface area (Å²) in [7, 11) is 1.36. The Morgan fingerprint density at radius 2 is 2.10 bits per heavy atom. The molecule has 0 saturated carbocycles. The number of amides is 1. The molecular formula is C20H23N7O3. The Morgan fingerprint density at radius 1 is 1.30 bits per heavy atom. The summed E-state index contributed by atoms with van der Waals surface area (Å²) < 4.78 is 5.24. The number of aldehydes is 1. The van der Waals surface area contributed by atoms with Crippen LogP contribution in [0.1, 0.15) is 17.3 Å². The predicted molar refractivity (Wildman–Crippen MR) is 114 cm³/mol. The summed E-state index contributed by atoms with van der Waals surface area (Å²) in [5, 5.41) is 6.91. The molecule has 3 aromatic rings. The predicted octanol–water partition coefficient (Wildman–Crippen LogP) is 1.45.